The van der Waals surface area contributed by atoms with Crippen molar-refractivity contribution in [1.29, 1.82) is 0 Å². The van der Waals surface area contributed by atoms with Gasteiger partial charge in [-0.15, -0.1) is 0 Å². The lowest BCUT2D eigenvalue weighted by Crippen LogP contribution is -2.45. The average Bonchev–Trinajstić information content (AvgIpc) is 2.97. The number of sulfone groups is 1. The van der Waals surface area contributed by atoms with Gasteiger partial charge < -0.3 is 15.4 Å². The Bertz CT molecular complexity index is 663. The number of benzene rings is 1. The highest BCUT2D eigenvalue weighted by Gasteiger charge is 2.29. The van der Waals surface area contributed by atoms with Crippen LogP contribution in [-0.4, -0.2) is 53.0 Å². The molecular formula is C17H27N3O3S. The molecule has 1 aliphatic heterocycles. The van der Waals surface area contributed by atoms with Gasteiger partial charge in [-0.05, 0) is 43.9 Å². The number of rotatable bonds is 6. The second kappa shape index (κ2) is 7.98. The minimum atomic E-state index is -3.14. The number of ether oxygens (including phenoxy) is 1. The van der Waals surface area contributed by atoms with Gasteiger partial charge in [0, 0.05) is 33.0 Å². The quantitative estimate of drug-likeness (QED) is 0.596. The third-order valence-electron chi connectivity index (χ3n) is 4.21. The molecule has 0 bridgehead atoms. The van der Waals surface area contributed by atoms with E-state index >= 15 is 0 Å². The summed E-state index contributed by atoms with van der Waals surface area (Å²) in [6, 6.07) is 7.00. The molecule has 1 saturated heterocycles. The van der Waals surface area contributed by atoms with Gasteiger partial charge in [0.15, 0.2) is 15.8 Å². The Kier molecular flexibility index (Phi) is 6.23. The first-order valence-corrected chi connectivity index (χ1v) is 10.1. The fourth-order valence-electron chi connectivity index (χ4n) is 2.70. The zero-order valence-electron chi connectivity index (χ0n) is 14.6. The first-order chi connectivity index (χ1) is 11.3. The van der Waals surface area contributed by atoms with Crippen molar-refractivity contribution in [3.63, 3.8) is 0 Å². The molecule has 1 atom stereocenters. The number of hydrogen-bond donors (Lipinski definition) is 2. The second-order valence-electron chi connectivity index (χ2n) is 6.42. The Morgan fingerprint density at radius 2 is 2.00 bits per heavy atom. The van der Waals surface area contributed by atoms with Gasteiger partial charge in [0.05, 0.1) is 10.5 Å². The Hall–Kier alpha value is -1.60. The van der Waals surface area contributed by atoms with E-state index in [2.05, 4.69) is 22.5 Å². The summed E-state index contributed by atoms with van der Waals surface area (Å²) in [5.41, 5.74) is 0.968. The van der Waals surface area contributed by atoms with Crippen LogP contribution in [0.15, 0.2) is 34.2 Å². The van der Waals surface area contributed by atoms with E-state index < -0.39 is 9.84 Å². The van der Waals surface area contributed by atoms with Crippen LogP contribution in [0, 0.1) is 0 Å². The summed E-state index contributed by atoms with van der Waals surface area (Å²) in [4.78, 5) is 4.57. The molecule has 2 N–H and O–H groups in total. The van der Waals surface area contributed by atoms with Crippen LogP contribution in [0.3, 0.4) is 0 Å². The number of nitrogens with one attached hydrogen (secondary N) is 2. The summed E-state index contributed by atoms with van der Waals surface area (Å²) >= 11 is 0. The van der Waals surface area contributed by atoms with Crippen molar-refractivity contribution in [2.45, 2.75) is 36.7 Å². The molecule has 7 heteroatoms. The van der Waals surface area contributed by atoms with Crippen LogP contribution >= 0.6 is 0 Å². The molecule has 0 aliphatic carbocycles. The van der Waals surface area contributed by atoms with Crippen LogP contribution in [0.1, 0.15) is 25.3 Å². The van der Waals surface area contributed by atoms with E-state index in [1.807, 2.05) is 12.1 Å². The monoisotopic (exact) mass is 353 g/mol. The van der Waals surface area contributed by atoms with Crippen molar-refractivity contribution in [2.24, 2.45) is 4.99 Å². The molecule has 1 aromatic rings. The minimum Gasteiger partial charge on any atom is -0.373 e. The second-order valence-corrected chi connectivity index (χ2v) is 8.44. The molecule has 1 fully saturated rings. The van der Waals surface area contributed by atoms with Gasteiger partial charge in [0.25, 0.3) is 0 Å². The van der Waals surface area contributed by atoms with E-state index in [9.17, 15) is 8.42 Å². The summed E-state index contributed by atoms with van der Waals surface area (Å²) < 4.78 is 28.6. The Morgan fingerprint density at radius 3 is 2.54 bits per heavy atom. The molecule has 0 aromatic heterocycles. The van der Waals surface area contributed by atoms with Crippen LogP contribution < -0.4 is 10.6 Å². The highest BCUT2D eigenvalue weighted by atomic mass is 32.2. The van der Waals surface area contributed by atoms with E-state index in [0.717, 1.165) is 50.5 Å². The number of hydrogen-bond acceptors (Lipinski definition) is 4. The van der Waals surface area contributed by atoms with E-state index in [1.54, 1.807) is 19.2 Å². The highest BCUT2D eigenvalue weighted by molar-refractivity contribution is 7.90. The third kappa shape index (κ3) is 5.49. The number of nitrogens with zero attached hydrogens (tertiary/aromatic N) is 1. The fraction of sp³-hybridized carbons (Fsp3) is 0.588. The summed E-state index contributed by atoms with van der Waals surface area (Å²) in [6.07, 6.45) is 4.17. The molecule has 24 heavy (non-hydrogen) atoms. The van der Waals surface area contributed by atoms with Gasteiger partial charge in [0.2, 0.25) is 0 Å². The molecule has 2 rings (SSSR count). The first kappa shape index (κ1) is 18.7. The molecule has 0 spiro atoms. The highest BCUT2D eigenvalue weighted by Crippen LogP contribution is 2.23. The molecular weight excluding hydrogens is 326 g/mol. The first-order valence-electron chi connectivity index (χ1n) is 8.20. The zero-order chi connectivity index (χ0) is 17.6. The van der Waals surface area contributed by atoms with Crippen molar-refractivity contribution in [3.05, 3.63) is 29.8 Å². The molecule has 0 saturated carbocycles. The third-order valence-corrected chi connectivity index (χ3v) is 5.34. The Labute approximate surface area is 144 Å². The SMILES string of the molecule is CN=C(NCCc1ccc(S(C)(=O)=O)cc1)NCC1(C)CCCO1. The molecule has 1 aromatic carbocycles. The van der Waals surface area contributed by atoms with Crippen molar-refractivity contribution >= 4 is 15.8 Å². The summed E-state index contributed by atoms with van der Waals surface area (Å²) in [7, 11) is -1.39. The van der Waals surface area contributed by atoms with Crippen LogP contribution in [0.2, 0.25) is 0 Å². The van der Waals surface area contributed by atoms with Crippen LogP contribution in [-0.2, 0) is 21.0 Å². The van der Waals surface area contributed by atoms with Gasteiger partial charge in [-0.2, -0.15) is 0 Å². The lowest BCUT2D eigenvalue weighted by atomic mass is 10.0. The zero-order valence-corrected chi connectivity index (χ0v) is 15.4. The van der Waals surface area contributed by atoms with Crippen molar-refractivity contribution in [3.8, 4) is 0 Å². The van der Waals surface area contributed by atoms with Crippen molar-refractivity contribution in [1.82, 2.24) is 10.6 Å². The van der Waals surface area contributed by atoms with E-state index in [4.69, 9.17) is 4.74 Å². The van der Waals surface area contributed by atoms with Gasteiger partial charge in [-0.25, -0.2) is 8.42 Å². The van der Waals surface area contributed by atoms with E-state index in [1.165, 1.54) is 6.26 Å². The Morgan fingerprint density at radius 1 is 1.29 bits per heavy atom. The topological polar surface area (TPSA) is 79.8 Å². The molecule has 0 radical (unpaired) electrons. The number of aliphatic imine (C=N–C) groups is 1. The van der Waals surface area contributed by atoms with Gasteiger partial charge in [0.1, 0.15) is 0 Å². The van der Waals surface area contributed by atoms with Crippen molar-refractivity contribution < 1.29 is 13.2 Å². The maximum Gasteiger partial charge on any atom is 0.191 e. The van der Waals surface area contributed by atoms with Crippen LogP contribution in [0.25, 0.3) is 0 Å². The maximum absolute atomic E-state index is 11.4. The van der Waals surface area contributed by atoms with Crippen molar-refractivity contribution in [2.75, 3.05) is 33.0 Å². The van der Waals surface area contributed by atoms with Crippen LogP contribution in [0.5, 0.6) is 0 Å². The summed E-state index contributed by atoms with van der Waals surface area (Å²) in [6.45, 7) is 4.39. The number of guanidine groups is 1. The molecule has 1 unspecified atom stereocenters. The standard InChI is InChI=1S/C17H27N3O3S/c1-17(10-4-12-23-17)13-20-16(18-2)19-11-9-14-5-7-15(8-6-14)24(3,21)22/h5-8H,4,9-13H2,1-3H3,(H2,18,19,20). The molecule has 134 valence electrons. The Balaban J connectivity index is 1.77. The van der Waals surface area contributed by atoms with Crippen LogP contribution in [0.4, 0.5) is 0 Å². The average molecular weight is 353 g/mol. The lowest BCUT2D eigenvalue weighted by Gasteiger charge is -2.24. The molecule has 0 amide bonds. The molecule has 6 nitrogen and oxygen atoms in total. The molecule has 1 heterocycles. The predicted molar refractivity (Wildman–Crippen MR) is 96.2 cm³/mol. The van der Waals surface area contributed by atoms with Gasteiger partial charge in [-0.3, -0.25) is 4.99 Å². The molecule has 1 aliphatic rings. The fourth-order valence-corrected chi connectivity index (χ4v) is 3.33. The van der Waals surface area contributed by atoms with Gasteiger partial charge >= 0.3 is 0 Å². The summed E-state index contributed by atoms with van der Waals surface area (Å²) in [5.74, 6) is 0.750. The summed E-state index contributed by atoms with van der Waals surface area (Å²) in [5, 5.41) is 6.57. The predicted octanol–water partition coefficient (Wildman–Crippen LogP) is 1.37. The smallest absolute Gasteiger partial charge is 0.191 e. The van der Waals surface area contributed by atoms with E-state index in [0.29, 0.717) is 4.90 Å². The minimum absolute atomic E-state index is 0.112. The van der Waals surface area contributed by atoms with E-state index in [-0.39, 0.29) is 5.60 Å². The maximum atomic E-state index is 11.4. The lowest BCUT2D eigenvalue weighted by molar-refractivity contribution is 0.0243. The largest absolute Gasteiger partial charge is 0.373 e. The van der Waals surface area contributed by atoms with Gasteiger partial charge in [-0.1, -0.05) is 12.1 Å². The normalized spacial score (nSPS) is 21.7.